The van der Waals surface area contributed by atoms with Crippen LogP contribution in [0.25, 0.3) is 0 Å². The molecule has 2 nitrogen and oxygen atoms in total. The summed E-state index contributed by atoms with van der Waals surface area (Å²) in [5.41, 5.74) is 4.89. The van der Waals surface area contributed by atoms with E-state index in [1.807, 2.05) is 12.3 Å². The molecule has 48 valence electrons. The van der Waals surface area contributed by atoms with Crippen LogP contribution in [0, 0.1) is 0 Å². The highest BCUT2D eigenvalue weighted by Crippen LogP contribution is 2.07. The molecule has 3 heteroatoms. The van der Waals surface area contributed by atoms with Crippen LogP contribution in [0.1, 0.15) is 5.56 Å². The van der Waals surface area contributed by atoms with Gasteiger partial charge in [0.1, 0.15) is 6.54 Å². The van der Waals surface area contributed by atoms with Crippen molar-refractivity contribution in [3.05, 3.63) is 28.5 Å². The Morgan fingerprint density at radius 1 is 1.56 bits per heavy atom. The third-order valence-electron chi connectivity index (χ3n) is 1.05. The monoisotopic (exact) mass is 187 g/mol. The summed E-state index contributed by atoms with van der Waals surface area (Å²) in [5.74, 6) is 0. The van der Waals surface area contributed by atoms with Crippen molar-refractivity contribution in [2.45, 2.75) is 6.54 Å². The van der Waals surface area contributed by atoms with Crippen molar-refractivity contribution in [3.8, 4) is 0 Å². The number of pyridine rings is 1. The summed E-state index contributed by atoms with van der Waals surface area (Å²) in [6.07, 6.45) is 3.58. The van der Waals surface area contributed by atoms with E-state index in [4.69, 9.17) is 0 Å². The Hall–Kier alpha value is -0.410. The minimum Gasteiger partial charge on any atom is -0.354 e. The number of rotatable bonds is 1. The van der Waals surface area contributed by atoms with Crippen LogP contribution in [0.5, 0.6) is 0 Å². The van der Waals surface area contributed by atoms with E-state index in [1.165, 1.54) is 0 Å². The quantitative estimate of drug-likeness (QED) is 0.688. The Morgan fingerprint density at radius 3 is 2.78 bits per heavy atom. The molecule has 1 rings (SSSR count). The molecule has 0 spiro atoms. The molecule has 0 aromatic carbocycles. The van der Waals surface area contributed by atoms with E-state index in [-0.39, 0.29) is 0 Å². The number of nitrogens with zero attached hydrogens (tertiary/aromatic N) is 1. The highest BCUT2D eigenvalue weighted by Gasteiger charge is 1.90. The smallest absolute Gasteiger partial charge is 0.101 e. The predicted molar refractivity (Wildman–Crippen MR) is 38.5 cm³/mol. The van der Waals surface area contributed by atoms with Gasteiger partial charge in [0.05, 0.1) is 0 Å². The third-order valence-corrected chi connectivity index (χ3v) is 1.48. The third kappa shape index (κ3) is 1.77. The van der Waals surface area contributed by atoms with Crippen molar-refractivity contribution < 1.29 is 5.73 Å². The predicted octanol–water partition coefficient (Wildman–Crippen LogP) is 0.586. The van der Waals surface area contributed by atoms with E-state index in [9.17, 15) is 0 Å². The fourth-order valence-corrected chi connectivity index (χ4v) is 1.00. The van der Waals surface area contributed by atoms with E-state index in [0.29, 0.717) is 0 Å². The van der Waals surface area contributed by atoms with Crippen molar-refractivity contribution in [1.82, 2.24) is 4.98 Å². The first-order chi connectivity index (χ1) is 4.33. The molecular weight excluding hydrogens is 180 g/mol. The minimum atomic E-state index is 0.798. The molecule has 1 aromatic heterocycles. The first-order valence-electron chi connectivity index (χ1n) is 2.71. The van der Waals surface area contributed by atoms with Gasteiger partial charge in [-0.1, -0.05) is 0 Å². The zero-order valence-corrected chi connectivity index (χ0v) is 6.56. The van der Waals surface area contributed by atoms with Gasteiger partial charge in [0.2, 0.25) is 0 Å². The molecular formula is C6H8BrN2+. The van der Waals surface area contributed by atoms with E-state index >= 15 is 0 Å². The lowest BCUT2D eigenvalue weighted by molar-refractivity contribution is -0.386. The molecule has 9 heavy (non-hydrogen) atoms. The molecule has 0 atom stereocenters. The Morgan fingerprint density at radius 2 is 2.33 bits per heavy atom. The number of hydrogen-bond donors (Lipinski definition) is 1. The summed E-state index contributed by atoms with van der Waals surface area (Å²) in [4.78, 5) is 3.97. The summed E-state index contributed by atoms with van der Waals surface area (Å²) in [6, 6.07) is 2.01. The van der Waals surface area contributed by atoms with Gasteiger partial charge in [0.15, 0.2) is 0 Å². The highest BCUT2D eigenvalue weighted by atomic mass is 79.9. The molecule has 0 unspecified atom stereocenters. The molecule has 0 aliphatic rings. The lowest BCUT2D eigenvalue weighted by atomic mass is 10.3. The maximum absolute atomic E-state index is 3.97. The second kappa shape index (κ2) is 2.94. The highest BCUT2D eigenvalue weighted by molar-refractivity contribution is 9.10. The van der Waals surface area contributed by atoms with Crippen molar-refractivity contribution in [2.24, 2.45) is 0 Å². The van der Waals surface area contributed by atoms with E-state index in [2.05, 4.69) is 26.6 Å². The van der Waals surface area contributed by atoms with Crippen LogP contribution in [0.2, 0.25) is 0 Å². The van der Waals surface area contributed by atoms with Gasteiger partial charge >= 0.3 is 0 Å². The van der Waals surface area contributed by atoms with Crippen molar-refractivity contribution in [2.75, 3.05) is 0 Å². The Labute approximate surface area is 62.2 Å². The Bertz CT molecular complexity index is 200. The van der Waals surface area contributed by atoms with Gasteiger partial charge in [0, 0.05) is 22.4 Å². The van der Waals surface area contributed by atoms with Gasteiger partial charge < -0.3 is 5.73 Å². The maximum atomic E-state index is 3.97. The molecule has 0 amide bonds. The van der Waals surface area contributed by atoms with Crippen LogP contribution < -0.4 is 5.73 Å². The first-order valence-corrected chi connectivity index (χ1v) is 3.51. The Kier molecular flexibility index (Phi) is 2.19. The molecule has 0 saturated carbocycles. The molecule has 1 aromatic rings. The van der Waals surface area contributed by atoms with Gasteiger partial charge in [-0.3, -0.25) is 4.98 Å². The van der Waals surface area contributed by atoms with Gasteiger partial charge in [-0.05, 0) is 22.0 Å². The molecule has 3 N–H and O–H groups in total. The standard InChI is InChI=1S/C6H7BrN2/c7-6-1-5(2-8)3-9-4-6/h1,3-4H,2,8H2/p+1. The number of aromatic nitrogens is 1. The molecule has 1 heterocycles. The maximum Gasteiger partial charge on any atom is 0.101 e. The lowest BCUT2D eigenvalue weighted by Gasteiger charge is -1.91. The van der Waals surface area contributed by atoms with Crippen molar-refractivity contribution >= 4 is 15.9 Å². The summed E-state index contributed by atoms with van der Waals surface area (Å²) in [6.45, 7) is 0.798. The number of quaternary nitrogens is 1. The summed E-state index contributed by atoms with van der Waals surface area (Å²) in [7, 11) is 0. The zero-order chi connectivity index (χ0) is 6.69. The second-order valence-corrected chi connectivity index (χ2v) is 2.68. The van der Waals surface area contributed by atoms with Crippen LogP contribution >= 0.6 is 15.9 Å². The SMILES string of the molecule is [NH3+]Cc1cncc(Br)c1. The van der Waals surface area contributed by atoms with Gasteiger partial charge in [-0.2, -0.15) is 0 Å². The van der Waals surface area contributed by atoms with Crippen LogP contribution in [0.3, 0.4) is 0 Å². The zero-order valence-electron chi connectivity index (χ0n) is 4.97. The molecule has 0 aliphatic heterocycles. The van der Waals surface area contributed by atoms with E-state index in [1.54, 1.807) is 6.20 Å². The van der Waals surface area contributed by atoms with E-state index < -0.39 is 0 Å². The summed E-state index contributed by atoms with van der Waals surface area (Å²) >= 11 is 3.31. The second-order valence-electron chi connectivity index (χ2n) is 1.76. The fraction of sp³-hybridized carbons (Fsp3) is 0.167. The van der Waals surface area contributed by atoms with Crippen LogP contribution in [-0.4, -0.2) is 4.98 Å². The van der Waals surface area contributed by atoms with Crippen molar-refractivity contribution in [3.63, 3.8) is 0 Å². The van der Waals surface area contributed by atoms with Crippen LogP contribution in [0.4, 0.5) is 0 Å². The first kappa shape index (κ1) is 6.71. The van der Waals surface area contributed by atoms with Crippen molar-refractivity contribution in [1.29, 1.82) is 0 Å². The Balaban J connectivity index is 2.94. The molecule has 0 aliphatic carbocycles. The van der Waals surface area contributed by atoms with Crippen LogP contribution in [-0.2, 0) is 6.54 Å². The number of halogens is 1. The average molecular weight is 188 g/mol. The lowest BCUT2D eigenvalue weighted by Crippen LogP contribution is -2.47. The molecule has 0 fully saturated rings. The summed E-state index contributed by atoms with van der Waals surface area (Å²) < 4.78 is 1.02. The van der Waals surface area contributed by atoms with E-state index in [0.717, 1.165) is 16.6 Å². The minimum absolute atomic E-state index is 0.798. The average Bonchev–Trinajstić information content (AvgIpc) is 1.88. The van der Waals surface area contributed by atoms with Crippen LogP contribution in [0.15, 0.2) is 22.9 Å². The van der Waals surface area contributed by atoms with Gasteiger partial charge in [-0.15, -0.1) is 0 Å². The molecule has 0 saturated heterocycles. The molecule has 0 radical (unpaired) electrons. The summed E-state index contributed by atoms with van der Waals surface area (Å²) in [5, 5.41) is 0. The van der Waals surface area contributed by atoms with Gasteiger partial charge in [0.25, 0.3) is 0 Å². The van der Waals surface area contributed by atoms with Gasteiger partial charge in [-0.25, -0.2) is 0 Å². The normalized spacial score (nSPS) is 9.56. The molecule has 0 bridgehead atoms. The fourth-order valence-electron chi connectivity index (χ4n) is 0.593. The topological polar surface area (TPSA) is 40.5 Å². The number of hydrogen-bond acceptors (Lipinski definition) is 1. The largest absolute Gasteiger partial charge is 0.354 e.